The van der Waals surface area contributed by atoms with Crippen molar-refractivity contribution in [3.8, 4) is 0 Å². The van der Waals surface area contributed by atoms with Gasteiger partial charge in [0, 0.05) is 19.7 Å². The zero-order valence-electron chi connectivity index (χ0n) is 12.2. The maximum absolute atomic E-state index is 11.4. The monoisotopic (exact) mass is 398 g/mol. The van der Waals surface area contributed by atoms with Crippen LogP contribution in [0.2, 0.25) is 0 Å². The fourth-order valence-corrected chi connectivity index (χ4v) is 2.18. The Hall–Kier alpha value is -0.570. The van der Waals surface area contributed by atoms with Gasteiger partial charge in [-0.05, 0) is 12.8 Å². The molecule has 0 saturated heterocycles. The van der Waals surface area contributed by atoms with E-state index in [1.807, 2.05) is 0 Å². The number of nitrogens with one attached hydrogen (secondary N) is 2. The van der Waals surface area contributed by atoms with E-state index in [0.29, 0.717) is 25.2 Å². The molecule has 0 atom stereocenters. The summed E-state index contributed by atoms with van der Waals surface area (Å²) < 4.78 is 4.84. The molecule has 1 aliphatic rings. The van der Waals surface area contributed by atoms with Gasteiger partial charge < -0.3 is 21.1 Å². The number of aliphatic imine (C=N–C) groups is 1. The summed E-state index contributed by atoms with van der Waals surface area (Å²) >= 11 is 0. The van der Waals surface area contributed by atoms with Crippen molar-refractivity contribution in [1.82, 2.24) is 10.6 Å². The summed E-state index contributed by atoms with van der Waals surface area (Å²) in [6, 6.07) is 0.405. The van der Waals surface area contributed by atoms with E-state index in [1.165, 1.54) is 25.7 Å². The van der Waals surface area contributed by atoms with Crippen LogP contribution in [0, 0.1) is 0 Å². The van der Waals surface area contributed by atoms with Crippen LogP contribution >= 0.6 is 24.0 Å². The first-order valence-corrected chi connectivity index (χ1v) is 7.04. The number of guanidine groups is 1. The number of hydrogen-bond donors (Lipinski definition) is 3. The number of amides is 1. The molecule has 0 spiro atoms. The summed E-state index contributed by atoms with van der Waals surface area (Å²) in [7, 11) is 1.60. The zero-order valence-corrected chi connectivity index (χ0v) is 14.5. The van der Waals surface area contributed by atoms with E-state index in [0.717, 1.165) is 12.8 Å². The molecule has 0 aliphatic heterocycles. The predicted octanol–water partition coefficient (Wildman–Crippen LogP) is 0.994. The molecular formula is C13H27IN4O2. The van der Waals surface area contributed by atoms with Gasteiger partial charge in [0.1, 0.15) is 6.54 Å². The average Bonchev–Trinajstić information content (AvgIpc) is 2.65. The molecule has 0 unspecified atom stereocenters. The maximum Gasteiger partial charge on any atom is 0.241 e. The molecule has 0 aromatic rings. The number of carbonyl (C=O) groups excluding carboxylic acids is 1. The van der Waals surface area contributed by atoms with Crippen molar-refractivity contribution in [2.75, 3.05) is 26.8 Å². The molecule has 1 fully saturated rings. The molecule has 6 nitrogen and oxygen atoms in total. The Morgan fingerprint density at radius 2 is 1.95 bits per heavy atom. The van der Waals surface area contributed by atoms with Gasteiger partial charge in [0.2, 0.25) is 5.91 Å². The number of halogens is 1. The molecule has 0 aromatic heterocycles. The minimum absolute atomic E-state index is 0. The molecule has 0 bridgehead atoms. The van der Waals surface area contributed by atoms with Crippen LogP contribution in [0.15, 0.2) is 4.99 Å². The highest BCUT2D eigenvalue weighted by molar-refractivity contribution is 14.0. The first-order valence-electron chi connectivity index (χ1n) is 7.04. The van der Waals surface area contributed by atoms with E-state index >= 15 is 0 Å². The molecule has 7 heteroatoms. The molecule has 1 rings (SSSR count). The third kappa shape index (κ3) is 9.35. The molecule has 1 amide bonds. The van der Waals surface area contributed by atoms with E-state index < -0.39 is 0 Å². The maximum atomic E-state index is 11.4. The van der Waals surface area contributed by atoms with E-state index in [-0.39, 0.29) is 36.4 Å². The van der Waals surface area contributed by atoms with Crippen LogP contribution in [0.1, 0.15) is 38.5 Å². The Kier molecular flexibility index (Phi) is 11.8. The van der Waals surface area contributed by atoms with Crippen LogP contribution in [-0.2, 0) is 9.53 Å². The lowest BCUT2D eigenvalue weighted by Gasteiger charge is -2.16. The smallest absolute Gasteiger partial charge is 0.241 e. The van der Waals surface area contributed by atoms with Gasteiger partial charge in [-0.3, -0.25) is 4.79 Å². The number of carbonyl (C=O) groups is 1. The fourth-order valence-electron chi connectivity index (χ4n) is 2.18. The first kappa shape index (κ1) is 19.4. The van der Waals surface area contributed by atoms with Gasteiger partial charge in [0.15, 0.2) is 5.96 Å². The molecule has 1 saturated carbocycles. The highest BCUT2D eigenvalue weighted by Crippen LogP contribution is 2.16. The highest BCUT2D eigenvalue weighted by atomic mass is 127. The number of methoxy groups -OCH3 is 1. The minimum atomic E-state index is -0.136. The number of ether oxygens (including phenoxy) is 1. The number of rotatable bonds is 6. The Morgan fingerprint density at radius 3 is 2.55 bits per heavy atom. The summed E-state index contributed by atoms with van der Waals surface area (Å²) in [5, 5.41) is 5.90. The molecule has 0 aromatic carbocycles. The van der Waals surface area contributed by atoms with Crippen LogP contribution in [0.25, 0.3) is 0 Å². The summed E-state index contributed by atoms with van der Waals surface area (Å²) in [5.41, 5.74) is 5.79. The highest BCUT2D eigenvalue weighted by Gasteiger charge is 2.12. The van der Waals surface area contributed by atoms with Crippen molar-refractivity contribution < 1.29 is 9.53 Å². The fraction of sp³-hybridized carbons (Fsp3) is 0.846. The lowest BCUT2D eigenvalue weighted by Crippen LogP contribution is -2.40. The number of nitrogens with two attached hydrogens (primary N) is 1. The van der Waals surface area contributed by atoms with Gasteiger partial charge >= 0.3 is 0 Å². The standard InChI is InChI=1S/C13H26N4O2.HI/c1-19-9-8-15-12(18)10-16-13(14)17-11-6-4-2-3-5-7-11;/h11H,2-10H2,1H3,(H,15,18)(H3,14,16,17);1H. The summed E-state index contributed by atoms with van der Waals surface area (Å²) in [5.74, 6) is 0.233. The van der Waals surface area contributed by atoms with Crippen molar-refractivity contribution in [1.29, 1.82) is 0 Å². The zero-order chi connectivity index (χ0) is 13.9. The van der Waals surface area contributed by atoms with E-state index in [1.54, 1.807) is 7.11 Å². The van der Waals surface area contributed by atoms with Gasteiger partial charge in [-0.2, -0.15) is 0 Å². The minimum Gasteiger partial charge on any atom is -0.383 e. The second kappa shape index (κ2) is 12.2. The third-order valence-corrected chi connectivity index (χ3v) is 3.23. The first-order chi connectivity index (χ1) is 9.22. The van der Waals surface area contributed by atoms with Crippen molar-refractivity contribution in [2.45, 2.75) is 44.6 Å². The van der Waals surface area contributed by atoms with Crippen molar-refractivity contribution in [3.63, 3.8) is 0 Å². The largest absolute Gasteiger partial charge is 0.383 e. The quantitative estimate of drug-likeness (QED) is 0.205. The molecular weight excluding hydrogens is 371 g/mol. The van der Waals surface area contributed by atoms with Gasteiger partial charge in [0.25, 0.3) is 0 Å². The van der Waals surface area contributed by atoms with Gasteiger partial charge in [-0.15, -0.1) is 24.0 Å². The van der Waals surface area contributed by atoms with E-state index in [2.05, 4.69) is 15.6 Å². The van der Waals surface area contributed by atoms with Gasteiger partial charge in [-0.1, -0.05) is 25.7 Å². The van der Waals surface area contributed by atoms with Crippen molar-refractivity contribution in [2.24, 2.45) is 10.7 Å². The molecule has 0 radical (unpaired) electrons. The second-order valence-corrected chi connectivity index (χ2v) is 4.88. The number of nitrogens with zero attached hydrogens (tertiary/aromatic N) is 1. The molecule has 4 N–H and O–H groups in total. The Labute approximate surface area is 138 Å². The second-order valence-electron chi connectivity index (χ2n) is 4.88. The molecule has 0 heterocycles. The van der Waals surface area contributed by atoms with Crippen molar-refractivity contribution >= 4 is 35.8 Å². The normalized spacial score (nSPS) is 16.9. The van der Waals surface area contributed by atoms with E-state index in [4.69, 9.17) is 10.5 Å². The SMILES string of the molecule is COCCNC(=O)CN=C(N)NC1CCCCCC1.I. The van der Waals surface area contributed by atoms with Crippen LogP contribution in [-0.4, -0.2) is 44.7 Å². The van der Waals surface area contributed by atoms with E-state index in [9.17, 15) is 4.79 Å². The predicted molar refractivity (Wildman–Crippen MR) is 91.4 cm³/mol. The van der Waals surface area contributed by atoms with Crippen LogP contribution in [0.3, 0.4) is 0 Å². The Bertz CT molecular complexity index is 292. The lowest BCUT2D eigenvalue weighted by atomic mass is 10.1. The topological polar surface area (TPSA) is 88.7 Å². The summed E-state index contributed by atoms with van der Waals surface area (Å²) in [6.07, 6.45) is 7.35. The Morgan fingerprint density at radius 1 is 1.30 bits per heavy atom. The van der Waals surface area contributed by atoms with Gasteiger partial charge in [-0.25, -0.2) is 4.99 Å². The van der Waals surface area contributed by atoms with Gasteiger partial charge in [0.05, 0.1) is 6.61 Å². The lowest BCUT2D eigenvalue weighted by molar-refractivity contribution is -0.119. The summed E-state index contributed by atoms with van der Waals surface area (Å²) in [6.45, 7) is 1.07. The number of hydrogen-bond acceptors (Lipinski definition) is 3. The molecule has 1 aliphatic carbocycles. The van der Waals surface area contributed by atoms with Crippen LogP contribution < -0.4 is 16.4 Å². The summed E-state index contributed by atoms with van der Waals surface area (Å²) in [4.78, 5) is 15.5. The van der Waals surface area contributed by atoms with Crippen LogP contribution in [0.5, 0.6) is 0 Å². The van der Waals surface area contributed by atoms with Crippen LogP contribution in [0.4, 0.5) is 0 Å². The average molecular weight is 398 g/mol. The molecule has 118 valence electrons. The Balaban J connectivity index is 0.00000361. The molecule has 20 heavy (non-hydrogen) atoms. The van der Waals surface area contributed by atoms with Crippen molar-refractivity contribution in [3.05, 3.63) is 0 Å². The third-order valence-electron chi connectivity index (χ3n) is 3.23.